The summed E-state index contributed by atoms with van der Waals surface area (Å²) in [7, 11) is 0. The fourth-order valence-corrected chi connectivity index (χ4v) is 4.94. The van der Waals surface area contributed by atoms with E-state index in [9.17, 15) is 18.0 Å². The van der Waals surface area contributed by atoms with Crippen LogP contribution < -0.4 is 10.2 Å². The summed E-state index contributed by atoms with van der Waals surface area (Å²) in [4.78, 5) is 22.9. The SMILES string of the molecule is CC1CCN(C(=O)[C@@H]2C[C@H](N3CCN(c4ncc(C(F)(F)F)cc4Cl)CC3)CN2)C1. The van der Waals surface area contributed by atoms with Gasteiger partial charge in [0.25, 0.3) is 0 Å². The summed E-state index contributed by atoms with van der Waals surface area (Å²) in [5.74, 6) is 1.18. The van der Waals surface area contributed by atoms with Crippen LogP contribution in [-0.4, -0.2) is 78.6 Å². The number of carbonyl (C=O) groups excluding carboxylic acids is 1. The Morgan fingerprint density at radius 1 is 1.23 bits per heavy atom. The molecule has 166 valence electrons. The maximum absolute atomic E-state index is 12.8. The van der Waals surface area contributed by atoms with Gasteiger partial charge in [-0.15, -0.1) is 0 Å². The fourth-order valence-electron chi connectivity index (χ4n) is 4.66. The van der Waals surface area contributed by atoms with Crippen molar-refractivity contribution < 1.29 is 18.0 Å². The minimum absolute atomic E-state index is 0.0197. The minimum atomic E-state index is -4.45. The number of hydrogen-bond donors (Lipinski definition) is 1. The highest BCUT2D eigenvalue weighted by molar-refractivity contribution is 6.33. The van der Waals surface area contributed by atoms with Gasteiger partial charge in [-0.1, -0.05) is 18.5 Å². The number of halogens is 4. The molecule has 3 atom stereocenters. The standard InChI is InChI=1S/C20H27ClF3N5O/c1-13-2-3-29(12-13)19(30)17-9-15(11-25-17)27-4-6-28(7-5-27)18-16(21)8-14(10-26-18)20(22,23)24/h8,10,13,15,17,25H,2-7,9,11-12H2,1H3/t13?,15-,17-/m0/s1. The Morgan fingerprint density at radius 3 is 2.57 bits per heavy atom. The van der Waals surface area contributed by atoms with Crippen LogP contribution in [-0.2, 0) is 11.0 Å². The number of piperazine rings is 1. The van der Waals surface area contributed by atoms with Gasteiger partial charge in [0.2, 0.25) is 5.91 Å². The second kappa shape index (κ2) is 8.51. The molecule has 3 fully saturated rings. The highest BCUT2D eigenvalue weighted by Crippen LogP contribution is 2.34. The van der Waals surface area contributed by atoms with E-state index >= 15 is 0 Å². The molecule has 6 nitrogen and oxygen atoms in total. The van der Waals surface area contributed by atoms with Gasteiger partial charge >= 0.3 is 6.18 Å². The largest absolute Gasteiger partial charge is 0.417 e. The maximum Gasteiger partial charge on any atom is 0.417 e. The van der Waals surface area contributed by atoms with E-state index in [0.29, 0.717) is 24.8 Å². The van der Waals surface area contributed by atoms with Gasteiger partial charge in [-0.05, 0) is 24.8 Å². The van der Waals surface area contributed by atoms with Gasteiger partial charge in [0.05, 0.1) is 16.6 Å². The topological polar surface area (TPSA) is 51.7 Å². The van der Waals surface area contributed by atoms with Gasteiger partial charge in [-0.25, -0.2) is 4.98 Å². The van der Waals surface area contributed by atoms with E-state index in [1.54, 1.807) is 0 Å². The van der Waals surface area contributed by atoms with Gasteiger partial charge in [0, 0.05) is 58.1 Å². The molecule has 3 aliphatic rings. The first-order valence-corrected chi connectivity index (χ1v) is 10.8. The van der Waals surface area contributed by atoms with Crippen molar-refractivity contribution in [2.75, 3.05) is 50.7 Å². The Bertz CT molecular complexity index is 784. The molecule has 1 aromatic heterocycles. The zero-order valence-corrected chi connectivity index (χ0v) is 17.7. The van der Waals surface area contributed by atoms with Gasteiger partial charge in [0.1, 0.15) is 5.82 Å². The molecule has 0 aliphatic carbocycles. The lowest BCUT2D eigenvalue weighted by molar-refractivity contribution is -0.137. The van der Waals surface area contributed by atoms with Crippen LogP contribution in [0.1, 0.15) is 25.3 Å². The summed E-state index contributed by atoms with van der Waals surface area (Å²) in [5, 5.41) is 3.40. The van der Waals surface area contributed by atoms with Crippen molar-refractivity contribution in [3.63, 3.8) is 0 Å². The summed E-state index contributed by atoms with van der Waals surface area (Å²) in [5.41, 5.74) is -0.838. The van der Waals surface area contributed by atoms with Crippen LogP contribution in [0.2, 0.25) is 5.02 Å². The van der Waals surface area contributed by atoms with Crippen LogP contribution in [0.4, 0.5) is 19.0 Å². The first-order chi connectivity index (χ1) is 14.2. The second-order valence-electron chi connectivity index (χ2n) is 8.58. The molecule has 4 heterocycles. The molecule has 4 rings (SSSR count). The molecular formula is C20H27ClF3N5O. The summed E-state index contributed by atoms with van der Waals surface area (Å²) < 4.78 is 38.5. The average Bonchev–Trinajstić information content (AvgIpc) is 3.36. The Morgan fingerprint density at radius 2 is 1.97 bits per heavy atom. The van der Waals surface area contributed by atoms with Gasteiger partial charge < -0.3 is 15.1 Å². The molecule has 10 heteroatoms. The number of rotatable bonds is 3. The summed E-state index contributed by atoms with van der Waals surface area (Å²) in [6, 6.07) is 1.11. The summed E-state index contributed by atoms with van der Waals surface area (Å²) >= 11 is 6.09. The molecule has 0 aromatic carbocycles. The Balaban J connectivity index is 1.30. The van der Waals surface area contributed by atoms with E-state index in [4.69, 9.17) is 11.6 Å². The predicted molar refractivity (Wildman–Crippen MR) is 109 cm³/mol. The van der Waals surface area contributed by atoms with Crippen molar-refractivity contribution >= 4 is 23.3 Å². The lowest BCUT2D eigenvalue weighted by Crippen LogP contribution is -2.51. The molecule has 1 N–H and O–H groups in total. The number of anilines is 1. The van der Waals surface area contributed by atoms with Crippen LogP contribution >= 0.6 is 11.6 Å². The molecule has 0 saturated carbocycles. The number of hydrogen-bond acceptors (Lipinski definition) is 5. The molecule has 1 aromatic rings. The molecule has 0 radical (unpaired) electrons. The average molecular weight is 446 g/mol. The first-order valence-electron chi connectivity index (χ1n) is 10.5. The number of likely N-dealkylation sites (tertiary alicyclic amines) is 1. The highest BCUT2D eigenvalue weighted by atomic mass is 35.5. The number of alkyl halides is 3. The van der Waals surface area contributed by atoms with Crippen LogP contribution in [0.25, 0.3) is 0 Å². The molecule has 3 saturated heterocycles. The molecule has 0 bridgehead atoms. The van der Waals surface area contributed by atoms with Crippen molar-refractivity contribution in [2.45, 2.75) is 38.0 Å². The van der Waals surface area contributed by atoms with Crippen LogP contribution in [0.15, 0.2) is 12.3 Å². The number of pyridine rings is 1. The molecule has 1 amide bonds. The van der Waals surface area contributed by atoms with Crippen LogP contribution in [0.3, 0.4) is 0 Å². The quantitative estimate of drug-likeness (QED) is 0.774. The van der Waals surface area contributed by atoms with Crippen molar-refractivity contribution in [3.05, 3.63) is 22.8 Å². The zero-order valence-electron chi connectivity index (χ0n) is 17.0. The molecule has 0 spiro atoms. The summed E-state index contributed by atoms with van der Waals surface area (Å²) in [6.07, 6.45) is -1.75. The number of nitrogens with one attached hydrogen (secondary N) is 1. The Labute approximate surface area is 179 Å². The number of carbonyl (C=O) groups is 1. The van der Waals surface area contributed by atoms with E-state index in [2.05, 4.69) is 22.1 Å². The smallest absolute Gasteiger partial charge is 0.353 e. The third-order valence-corrected chi connectivity index (χ3v) is 6.70. The summed E-state index contributed by atoms with van der Waals surface area (Å²) in [6.45, 7) is 7.44. The highest BCUT2D eigenvalue weighted by Gasteiger charge is 2.38. The van der Waals surface area contributed by atoms with Crippen LogP contribution in [0, 0.1) is 5.92 Å². The van der Waals surface area contributed by atoms with Crippen molar-refractivity contribution in [1.82, 2.24) is 20.1 Å². The lowest BCUT2D eigenvalue weighted by atomic mass is 10.1. The van der Waals surface area contributed by atoms with E-state index in [1.165, 1.54) is 0 Å². The van der Waals surface area contributed by atoms with Gasteiger partial charge in [-0.2, -0.15) is 13.2 Å². The number of amides is 1. The van der Waals surface area contributed by atoms with E-state index in [0.717, 1.165) is 57.8 Å². The fraction of sp³-hybridized carbons (Fsp3) is 0.700. The Hall–Kier alpha value is -1.58. The monoisotopic (exact) mass is 445 g/mol. The van der Waals surface area contributed by atoms with Crippen molar-refractivity contribution in [2.24, 2.45) is 5.92 Å². The third-order valence-electron chi connectivity index (χ3n) is 6.42. The first kappa shape index (κ1) is 21.6. The normalized spacial score (nSPS) is 28.4. The second-order valence-corrected chi connectivity index (χ2v) is 8.99. The molecule has 1 unspecified atom stereocenters. The maximum atomic E-state index is 12.8. The molecule has 30 heavy (non-hydrogen) atoms. The lowest BCUT2D eigenvalue weighted by Gasteiger charge is -2.38. The molecular weight excluding hydrogens is 419 g/mol. The zero-order chi connectivity index (χ0) is 21.5. The van der Waals surface area contributed by atoms with E-state index in [1.807, 2.05) is 9.80 Å². The van der Waals surface area contributed by atoms with E-state index in [-0.39, 0.29) is 23.0 Å². The number of aromatic nitrogens is 1. The van der Waals surface area contributed by atoms with Gasteiger partial charge in [0.15, 0.2) is 0 Å². The van der Waals surface area contributed by atoms with Crippen molar-refractivity contribution in [1.29, 1.82) is 0 Å². The number of nitrogens with zero attached hydrogens (tertiary/aromatic N) is 4. The predicted octanol–water partition coefficient (Wildman–Crippen LogP) is 2.47. The van der Waals surface area contributed by atoms with Gasteiger partial charge in [-0.3, -0.25) is 9.69 Å². The minimum Gasteiger partial charge on any atom is -0.353 e. The molecule has 3 aliphatic heterocycles. The Kier molecular flexibility index (Phi) is 6.14. The third kappa shape index (κ3) is 4.53. The van der Waals surface area contributed by atoms with Crippen LogP contribution in [0.5, 0.6) is 0 Å². The van der Waals surface area contributed by atoms with E-state index < -0.39 is 11.7 Å². The van der Waals surface area contributed by atoms with Crippen molar-refractivity contribution in [3.8, 4) is 0 Å².